The Morgan fingerprint density at radius 3 is 2.52 bits per heavy atom. The zero-order valence-corrected chi connectivity index (χ0v) is 14.9. The van der Waals surface area contributed by atoms with Crippen LogP contribution in [0.2, 0.25) is 0 Å². The van der Waals surface area contributed by atoms with Crippen LogP contribution in [0, 0.1) is 0 Å². The summed E-state index contributed by atoms with van der Waals surface area (Å²) in [5.41, 5.74) is 0.747. The second-order valence-corrected chi connectivity index (χ2v) is 6.86. The number of carbonyl (C=O) groups is 2. The highest BCUT2D eigenvalue weighted by molar-refractivity contribution is 5.89. The van der Waals surface area contributed by atoms with Gasteiger partial charge in [0.05, 0.1) is 6.54 Å². The Bertz CT molecular complexity index is 586. The first-order valence-corrected chi connectivity index (χ1v) is 9.11. The Hall–Kier alpha value is -2.15. The zero-order chi connectivity index (χ0) is 17.6. The van der Waals surface area contributed by atoms with Crippen molar-refractivity contribution in [1.82, 2.24) is 19.7 Å². The number of piperazine rings is 1. The van der Waals surface area contributed by atoms with Crippen molar-refractivity contribution in [3.8, 4) is 0 Å². The lowest BCUT2D eigenvalue weighted by atomic mass is 10.0. The highest BCUT2D eigenvalue weighted by Crippen LogP contribution is 2.17. The molecule has 1 N–H and O–H groups in total. The molecule has 1 atom stereocenters. The van der Waals surface area contributed by atoms with E-state index in [1.165, 1.54) is 6.42 Å². The van der Waals surface area contributed by atoms with Gasteiger partial charge in [0.25, 0.3) is 0 Å². The van der Waals surface area contributed by atoms with E-state index in [-0.39, 0.29) is 11.9 Å². The minimum absolute atomic E-state index is 0.0955. The number of piperidine rings is 1. The lowest BCUT2D eigenvalue weighted by molar-refractivity contribution is -0.136. The SMILES string of the molecule is CC1CCCCN1C(=O)CN1CCN(C(=O)Nc2ccncc2)CC1. The van der Waals surface area contributed by atoms with Crippen LogP contribution in [0.25, 0.3) is 0 Å². The van der Waals surface area contributed by atoms with Gasteiger partial charge in [-0.25, -0.2) is 4.79 Å². The summed E-state index contributed by atoms with van der Waals surface area (Å²) in [5.74, 6) is 0.224. The van der Waals surface area contributed by atoms with E-state index in [1.807, 2.05) is 4.90 Å². The fourth-order valence-electron chi connectivity index (χ4n) is 3.50. The zero-order valence-electron chi connectivity index (χ0n) is 14.9. The number of pyridine rings is 1. The third kappa shape index (κ3) is 4.69. The van der Waals surface area contributed by atoms with E-state index in [9.17, 15) is 9.59 Å². The predicted molar refractivity (Wildman–Crippen MR) is 96.3 cm³/mol. The van der Waals surface area contributed by atoms with Gasteiger partial charge in [-0.15, -0.1) is 0 Å². The van der Waals surface area contributed by atoms with Crippen LogP contribution >= 0.6 is 0 Å². The van der Waals surface area contributed by atoms with Crippen LogP contribution in [0.3, 0.4) is 0 Å². The van der Waals surface area contributed by atoms with Crippen molar-refractivity contribution in [2.45, 2.75) is 32.2 Å². The van der Waals surface area contributed by atoms with Gasteiger partial charge in [-0.3, -0.25) is 14.7 Å². The van der Waals surface area contributed by atoms with Crippen molar-refractivity contribution in [2.75, 3.05) is 44.6 Å². The predicted octanol–water partition coefficient (Wildman–Crippen LogP) is 1.63. The molecule has 3 amide bonds. The number of aromatic nitrogens is 1. The average Bonchev–Trinajstić information content (AvgIpc) is 2.63. The van der Waals surface area contributed by atoms with Gasteiger partial charge in [0.15, 0.2) is 0 Å². The van der Waals surface area contributed by atoms with Gasteiger partial charge in [-0.2, -0.15) is 0 Å². The molecule has 0 aromatic carbocycles. The van der Waals surface area contributed by atoms with Crippen LogP contribution in [-0.2, 0) is 4.79 Å². The summed E-state index contributed by atoms with van der Waals surface area (Å²) in [6.45, 7) is 6.23. The van der Waals surface area contributed by atoms with Crippen LogP contribution in [0.15, 0.2) is 24.5 Å². The van der Waals surface area contributed by atoms with E-state index in [0.29, 0.717) is 25.7 Å². The van der Waals surface area contributed by atoms with Gasteiger partial charge in [0.2, 0.25) is 5.91 Å². The Kier molecular flexibility index (Phi) is 5.86. The molecule has 3 heterocycles. The van der Waals surface area contributed by atoms with Crippen LogP contribution in [0.4, 0.5) is 10.5 Å². The topological polar surface area (TPSA) is 68.8 Å². The molecule has 0 aliphatic carbocycles. The summed E-state index contributed by atoms with van der Waals surface area (Å²) in [4.78, 5) is 34.7. The van der Waals surface area contributed by atoms with E-state index in [1.54, 1.807) is 29.4 Å². The summed E-state index contributed by atoms with van der Waals surface area (Å²) < 4.78 is 0. The van der Waals surface area contributed by atoms with E-state index < -0.39 is 0 Å². The van der Waals surface area contributed by atoms with Gasteiger partial charge in [-0.1, -0.05) is 0 Å². The maximum atomic E-state index is 12.5. The molecule has 7 heteroatoms. The number of amides is 3. The molecular weight excluding hydrogens is 318 g/mol. The van der Waals surface area contributed by atoms with E-state index in [4.69, 9.17) is 0 Å². The number of anilines is 1. The van der Waals surface area contributed by atoms with Crippen molar-refractivity contribution < 1.29 is 9.59 Å². The fourth-order valence-corrected chi connectivity index (χ4v) is 3.50. The summed E-state index contributed by atoms with van der Waals surface area (Å²) >= 11 is 0. The number of carbonyl (C=O) groups excluding carboxylic acids is 2. The average molecular weight is 345 g/mol. The fraction of sp³-hybridized carbons (Fsp3) is 0.611. The van der Waals surface area contributed by atoms with Gasteiger partial charge in [-0.05, 0) is 38.3 Å². The first-order valence-electron chi connectivity index (χ1n) is 9.11. The molecule has 0 saturated carbocycles. The number of nitrogens with zero attached hydrogens (tertiary/aromatic N) is 4. The van der Waals surface area contributed by atoms with E-state index >= 15 is 0 Å². The lowest BCUT2D eigenvalue weighted by Gasteiger charge is -2.38. The van der Waals surface area contributed by atoms with Crippen molar-refractivity contribution in [2.24, 2.45) is 0 Å². The third-order valence-corrected chi connectivity index (χ3v) is 5.07. The Morgan fingerprint density at radius 1 is 1.12 bits per heavy atom. The highest BCUT2D eigenvalue weighted by atomic mass is 16.2. The van der Waals surface area contributed by atoms with Gasteiger partial charge in [0, 0.05) is 56.8 Å². The van der Waals surface area contributed by atoms with Crippen LogP contribution in [0.5, 0.6) is 0 Å². The van der Waals surface area contributed by atoms with Gasteiger partial charge in [0.1, 0.15) is 0 Å². The molecule has 2 fully saturated rings. The Balaban J connectivity index is 1.43. The highest BCUT2D eigenvalue weighted by Gasteiger charge is 2.27. The maximum Gasteiger partial charge on any atom is 0.321 e. The second kappa shape index (κ2) is 8.29. The molecule has 2 aliphatic rings. The molecule has 1 unspecified atom stereocenters. The van der Waals surface area contributed by atoms with Crippen LogP contribution < -0.4 is 5.32 Å². The molecule has 25 heavy (non-hydrogen) atoms. The molecule has 7 nitrogen and oxygen atoms in total. The molecule has 0 bridgehead atoms. The van der Waals surface area contributed by atoms with Crippen molar-refractivity contribution in [3.63, 3.8) is 0 Å². The summed E-state index contributed by atoms with van der Waals surface area (Å²) in [5, 5.41) is 2.88. The third-order valence-electron chi connectivity index (χ3n) is 5.07. The standard InChI is InChI=1S/C18H27N5O2/c1-15-4-2-3-9-23(15)17(24)14-21-10-12-22(13-11-21)18(25)20-16-5-7-19-8-6-16/h5-8,15H,2-4,9-14H2,1H3,(H,19,20,25). The molecule has 1 aromatic heterocycles. The largest absolute Gasteiger partial charge is 0.339 e. The van der Waals surface area contributed by atoms with Crippen LogP contribution in [0.1, 0.15) is 26.2 Å². The van der Waals surface area contributed by atoms with Gasteiger partial charge >= 0.3 is 6.03 Å². The monoisotopic (exact) mass is 345 g/mol. The molecule has 2 saturated heterocycles. The first-order chi connectivity index (χ1) is 12.1. The second-order valence-electron chi connectivity index (χ2n) is 6.86. The lowest BCUT2D eigenvalue weighted by Crippen LogP contribution is -2.53. The van der Waals surface area contributed by atoms with E-state index in [0.717, 1.165) is 38.2 Å². The minimum Gasteiger partial charge on any atom is -0.339 e. The van der Waals surface area contributed by atoms with E-state index in [2.05, 4.69) is 22.1 Å². The van der Waals surface area contributed by atoms with Crippen molar-refractivity contribution >= 4 is 17.6 Å². The molecular formula is C18H27N5O2. The Morgan fingerprint density at radius 2 is 1.84 bits per heavy atom. The molecule has 0 spiro atoms. The normalized spacial score (nSPS) is 21.9. The molecule has 1 aromatic rings. The first kappa shape index (κ1) is 17.7. The number of urea groups is 1. The Labute approximate surface area is 149 Å². The van der Waals surface area contributed by atoms with Crippen molar-refractivity contribution in [3.05, 3.63) is 24.5 Å². The molecule has 3 rings (SSSR count). The summed E-state index contributed by atoms with van der Waals surface area (Å²) in [6, 6.07) is 3.80. The molecule has 0 radical (unpaired) electrons. The number of rotatable bonds is 3. The minimum atomic E-state index is -0.0955. The number of nitrogens with one attached hydrogen (secondary N) is 1. The molecule has 136 valence electrons. The summed E-state index contributed by atoms with van der Waals surface area (Å²) in [6.07, 6.45) is 6.74. The van der Waals surface area contributed by atoms with Crippen molar-refractivity contribution in [1.29, 1.82) is 0 Å². The number of hydrogen-bond acceptors (Lipinski definition) is 4. The quantitative estimate of drug-likeness (QED) is 0.904. The number of hydrogen-bond donors (Lipinski definition) is 1. The maximum absolute atomic E-state index is 12.5. The van der Waals surface area contributed by atoms with Gasteiger partial charge < -0.3 is 15.1 Å². The van der Waals surface area contributed by atoms with Crippen LogP contribution in [-0.4, -0.2) is 76.9 Å². The number of likely N-dealkylation sites (tertiary alicyclic amines) is 1. The smallest absolute Gasteiger partial charge is 0.321 e. The summed E-state index contributed by atoms with van der Waals surface area (Å²) in [7, 11) is 0. The molecule has 2 aliphatic heterocycles.